The molecule has 10 nitrogen and oxygen atoms in total. The van der Waals surface area contributed by atoms with Crippen LogP contribution in [-0.2, 0) is 9.53 Å². The molecule has 10 heteroatoms. The maximum atomic E-state index is 13.5. The van der Waals surface area contributed by atoms with Gasteiger partial charge in [-0.1, -0.05) is 12.1 Å². The summed E-state index contributed by atoms with van der Waals surface area (Å²) in [5.74, 6) is 0.779. The number of carbonyl (C=O) groups excluding carboxylic acids is 2. The molecule has 1 amide bonds. The first kappa shape index (κ1) is 21.9. The highest BCUT2D eigenvalue weighted by atomic mass is 16.5. The maximum absolute atomic E-state index is 13.5. The van der Waals surface area contributed by atoms with Gasteiger partial charge in [-0.05, 0) is 36.8 Å². The summed E-state index contributed by atoms with van der Waals surface area (Å²) in [6.07, 6.45) is 1.41. The van der Waals surface area contributed by atoms with Gasteiger partial charge in [0.05, 0.1) is 38.2 Å². The highest BCUT2D eigenvalue weighted by molar-refractivity contribution is 6.06. The van der Waals surface area contributed by atoms with Gasteiger partial charge >= 0.3 is 5.97 Å². The molecule has 3 aromatic rings. The number of allylic oxidation sites excluding steroid dienone is 1. The number of esters is 1. The van der Waals surface area contributed by atoms with E-state index in [0.717, 1.165) is 5.56 Å². The van der Waals surface area contributed by atoms with Gasteiger partial charge in [0.25, 0.3) is 5.91 Å². The molecule has 1 aromatic heterocycles. The molecule has 0 saturated carbocycles. The van der Waals surface area contributed by atoms with E-state index in [2.05, 4.69) is 20.7 Å². The summed E-state index contributed by atoms with van der Waals surface area (Å²) in [5, 5.41) is 10.4. The Morgan fingerprint density at radius 3 is 2.48 bits per heavy atom. The monoisotopic (exact) mass is 449 g/mol. The lowest BCUT2D eigenvalue weighted by atomic mass is 9.94. The molecule has 1 atom stereocenters. The molecule has 1 aliphatic heterocycles. The van der Waals surface area contributed by atoms with Crippen molar-refractivity contribution in [1.82, 2.24) is 14.8 Å². The van der Waals surface area contributed by atoms with Gasteiger partial charge in [0.15, 0.2) is 0 Å². The predicted molar refractivity (Wildman–Crippen MR) is 120 cm³/mol. The van der Waals surface area contributed by atoms with E-state index in [9.17, 15) is 9.59 Å². The van der Waals surface area contributed by atoms with E-state index in [1.54, 1.807) is 61.2 Å². The standard InChI is InChI=1S/C23H23N5O5/c1-13-19(21(29)27-17-11-16(31-2)9-10-18(17)32-3)20(28-23(26-13)24-12-25-28)14-5-7-15(8-6-14)22(30)33-4/h5-12,20H,1-4H3,(H,27,29)(H,24,25,26)/t20-/m0/s1. The molecule has 2 N–H and O–H groups in total. The number of anilines is 2. The molecule has 2 aromatic carbocycles. The smallest absolute Gasteiger partial charge is 0.337 e. The number of methoxy groups -OCH3 is 3. The SMILES string of the molecule is COC(=O)c1ccc([C@H]2C(C(=O)Nc3cc(OC)ccc3OC)=C(C)Nc3ncnn32)cc1. The van der Waals surface area contributed by atoms with Crippen molar-refractivity contribution in [3.8, 4) is 11.5 Å². The Bertz CT molecular complexity index is 1230. The first-order valence-corrected chi connectivity index (χ1v) is 10.1. The van der Waals surface area contributed by atoms with Crippen LogP contribution in [-0.4, -0.2) is 48.0 Å². The second-order valence-corrected chi connectivity index (χ2v) is 7.23. The van der Waals surface area contributed by atoms with Gasteiger partial charge in [-0.2, -0.15) is 10.1 Å². The fraction of sp³-hybridized carbons (Fsp3) is 0.217. The van der Waals surface area contributed by atoms with Crippen molar-refractivity contribution in [1.29, 1.82) is 0 Å². The fourth-order valence-electron chi connectivity index (χ4n) is 3.71. The van der Waals surface area contributed by atoms with E-state index >= 15 is 0 Å². The Balaban J connectivity index is 1.74. The van der Waals surface area contributed by atoms with Crippen LogP contribution < -0.4 is 20.1 Å². The molecule has 1 aliphatic rings. The van der Waals surface area contributed by atoms with Crippen LogP contribution in [0.4, 0.5) is 11.6 Å². The molecule has 0 radical (unpaired) electrons. The van der Waals surface area contributed by atoms with Crippen LogP contribution in [0.5, 0.6) is 11.5 Å². The van der Waals surface area contributed by atoms with Gasteiger partial charge in [-0.3, -0.25) is 4.79 Å². The van der Waals surface area contributed by atoms with Crippen molar-refractivity contribution in [2.24, 2.45) is 0 Å². The third kappa shape index (κ3) is 4.10. The van der Waals surface area contributed by atoms with E-state index in [1.165, 1.54) is 20.5 Å². The number of carbonyl (C=O) groups is 2. The summed E-state index contributed by atoms with van der Waals surface area (Å²) in [6, 6.07) is 11.4. The number of nitrogens with one attached hydrogen (secondary N) is 2. The lowest BCUT2D eigenvalue weighted by Gasteiger charge is -2.29. The zero-order valence-corrected chi connectivity index (χ0v) is 18.6. The number of fused-ring (bicyclic) bond motifs is 1. The summed E-state index contributed by atoms with van der Waals surface area (Å²) in [5.41, 5.74) is 2.67. The lowest BCUT2D eigenvalue weighted by Crippen LogP contribution is -2.31. The second kappa shape index (κ2) is 9.03. The minimum atomic E-state index is -0.577. The molecule has 0 saturated heterocycles. The Kier molecular flexibility index (Phi) is 5.99. The van der Waals surface area contributed by atoms with Crippen LogP contribution in [0.2, 0.25) is 0 Å². The average molecular weight is 449 g/mol. The Hall–Kier alpha value is -4.34. The van der Waals surface area contributed by atoms with Gasteiger partial charge < -0.3 is 24.8 Å². The molecular weight excluding hydrogens is 426 g/mol. The van der Waals surface area contributed by atoms with Crippen molar-refractivity contribution < 1.29 is 23.8 Å². The fourth-order valence-corrected chi connectivity index (χ4v) is 3.71. The van der Waals surface area contributed by atoms with Gasteiger partial charge in [-0.25, -0.2) is 9.48 Å². The topological polar surface area (TPSA) is 117 Å². The van der Waals surface area contributed by atoms with Crippen LogP contribution in [0.3, 0.4) is 0 Å². The Morgan fingerprint density at radius 2 is 1.82 bits per heavy atom. The largest absolute Gasteiger partial charge is 0.497 e. The maximum Gasteiger partial charge on any atom is 0.337 e. The highest BCUT2D eigenvalue weighted by Gasteiger charge is 2.33. The first-order chi connectivity index (χ1) is 16.0. The van der Waals surface area contributed by atoms with Crippen LogP contribution in [0, 0.1) is 0 Å². The van der Waals surface area contributed by atoms with E-state index in [0.29, 0.717) is 40.0 Å². The number of aromatic nitrogens is 3. The van der Waals surface area contributed by atoms with E-state index in [4.69, 9.17) is 14.2 Å². The highest BCUT2D eigenvalue weighted by Crippen LogP contribution is 2.36. The third-order valence-electron chi connectivity index (χ3n) is 5.34. The Labute approximate surface area is 190 Å². The van der Waals surface area contributed by atoms with E-state index < -0.39 is 12.0 Å². The predicted octanol–water partition coefficient (Wildman–Crippen LogP) is 3.01. The second-order valence-electron chi connectivity index (χ2n) is 7.23. The van der Waals surface area contributed by atoms with Crippen molar-refractivity contribution in [3.05, 3.63) is 71.2 Å². The minimum Gasteiger partial charge on any atom is -0.497 e. The molecule has 33 heavy (non-hydrogen) atoms. The summed E-state index contributed by atoms with van der Waals surface area (Å²) in [4.78, 5) is 29.6. The normalized spacial score (nSPS) is 14.7. The van der Waals surface area contributed by atoms with Crippen molar-refractivity contribution in [3.63, 3.8) is 0 Å². The Morgan fingerprint density at radius 1 is 1.06 bits per heavy atom. The van der Waals surface area contributed by atoms with Crippen molar-refractivity contribution >= 4 is 23.5 Å². The van der Waals surface area contributed by atoms with Gasteiger partial charge in [0.1, 0.15) is 23.9 Å². The third-order valence-corrected chi connectivity index (χ3v) is 5.34. The van der Waals surface area contributed by atoms with Gasteiger partial charge in [0.2, 0.25) is 5.95 Å². The van der Waals surface area contributed by atoms with Crippen molar-refractivity contribution in [2.45, 2.75) is 13.0 Å². The number of hydrogen-bond donors (Lipinski definition) is 2. The molecule has 170 valence electrons. The quantitative estimate of drug-likeness (QED) is 0.552. The molecule has 0 unspecified atom stereocenters. The van der Waals surface area contributed by atoms with E-state index in [-0.39, 0.29) is 5.91 Å². The number of benzene rings is 2. The van der Waals surface area contributed by atoms with Crippen LogP contribution >= 0.6 is 0 Å². The van der Waals surface area contributed by atoms with E-state index in [1.807, 2.05) is 0 Å². The number of hydrogen-bond acceptors (Lipinski definition) is 8. The lowest BCUT2D eigenvalue weighted by molar-refractivity contribution is -0.113. The summed E-state index contributed by atoms with van der Waals surface area (Å²) < 4.78 is 17.1. The molecule has 0 spiro atoms. The van der Waals surface area contributed by atoms with Gasteiger partial charge in [0, 0.05) is 11.8 Å². The summed E-state index contributed by atoms with van der Waals surface area (Å²) in [6.45, 7) is 1.80. The number of nitrogens with zero attached hydrogens (tertiary/aromatic N) is 3. The molecular formula is C23H23N5O5. The van der Waals surface area contributed by atoms with Crippen LogP contribution in [0.1, 0.15) is 28.9 Å². The van der Waals surface area contributed by atoms with Crippen LogP contribution in [0.15, 0.2) is 60.1 Å². The minimum absolute atomic E-state index is 0.352. The zero-order chi connectivity index (χ0) is 23.5. The van der Waals surface area contributed by atoms with Crippen molar-refractivity contribution in [2.75, 3.05) is 32.0 Å². The number of amides is 1. The molecule has 0 bridgehead atoms. The molecule has 4 rings (SSSR count). The van der Waals surface area contributed by atoms with Crippen LogP contribution in [0.25, 0.3) is 0 Å². The number of ether oxygens (including phenoxy) is 3. The zero-order valence-electron chi connectivity index (χ0n) is 18.6. The molecule has 2 heterocycles. The summed E-state index contributed by atoms with van der Waals surface area (Å²) >= 11 is 0. The summed E-state index contributed by atoms with van der Waals surface area (Å²) in [7, 11) is 4.40. The van der Waals surface area contributed by atoms with Gasteiger partial charge in [-0.15, -0.1) is 0 Å². The average Bonchev–Trinajstić information content (AvgIpc) is 3.30. The molecule has 0 aliphatic carbocycles. The first-order valence-electron chi connectivity index (χ1n) is 10.1. The number of rotatable bonds is 6. The molecule has 0 fully saturated rings.